The summed E-state index contributed by atoms with van der Waals surface area (Å²) in [4.78, 5) is 13.7. The summed E-state index contributed by atoms with van der Waals surface area (Å²) in [6.07, 6.45) is 1.43. The predicted octanol–water partition coefficient (Wildman–Crippen LogP) is 0.984. The first-order valence-corrected chi connectivity index (χ1v) is 5.35. The van der Waals surface area contributed by atoms with Gasteiger partial charge in [-0.3, -0.25) is 9.48 Å². The van der Waals surface area contributed by atoms with Crippen LogP contribution in [0.25, 0.3) is 0 Å². The average Bonchev–Trinajstić information content (AvgIpc) is 2.67. The van der Waals surface area contributed by atoms with E-state index in [2.05, 4.69) is 5.10 Å². The summed E-state index contributed by atoms with van der Waals surface area (Å²) >= 11 is 0. The molecule has 18 heavy (non-hydrogen) atoms. The summed E-state index contributed by atoms with van der Waals surface area (Å²) in [5, 5.41) is 13.3. The van der Waals surface area contributed by atoms with Crippen LogP contribution in [0.15, 0.2) is 30.5 Å². The molecule has 0 unspecified atom stereocenters. The van der Waals surface area contributed by atoms with Gasteiger partial charge < -0.3 is 15.7 Å². The molecule has 0 atom stereocenters. The Labute approximate surface area is 104 Å². The Morgan fingerprint density at radius 1 is 1.50 bits per heavy atom. The molecule has 0 spiro atoms. The van der Waals surface area contributed by atoms with E-state index in [1.165, 1.54) is 21.8 Å². The van der Waals surface area contributed by atoms with E-state index in [0.29, 0.717) is 17.1 Å². The third-order valence-electron chi connectivity index (χ3n) is 2.69. The Morgan fingerprint density at radius 2 is 2.22 bits per heavy atom. The normalized spacial score (nSPS) is 10.3. The molecular formula is C12H14N4O2. The number of benzene rings is 1. The number of hydrogen-bond donors (Lipinski definition) is 2. The lowest BCUT2D eigenvalue weighted by molar-refractivity contribution is 0.0985. The molecular weight excluding hydrogens is 232 g/mol. The van der Waals surface area contributed by atoms with Crippen LogP contribution in [0.5, 0.6) is 5.75 Å². The second kappa shape index (κ2) is 4.40. The minimum Gasteiger partial charge on any atom is -0.508 e. The lowest BCUT2D eigenvalue weighted by Crippen LogP contribution is -2.28. The molecule has 0 saturated heterocycles. The fourth-order valence-corrected chi connectivity index (χ4v) is 1.69. The number of aromatic hydroxyl groups is 1. The molecule has 0 aliphatic heterocycles. The topological polar surface area (TPSA) is 84.4 Å². The van der Waals surface area contributed by atoms with Crippen LogP contribution in [-0.2, 0) is 7.05 Å². The number of carbonyl (C=O) groups excluding carboxylic acids is 1. The van der Waals surface area contributed by atoms with Crippen molar-refractivity contribution in [2.75, 3.05) is 17.7 Å². The Kier molecular flexibility index (Phi) is 2.93. The lowest BCUT2D eigenvalue weighted by atomic mass is 10.2. The number of aryl methyl sites for hydroxylation is 1. The molecule has 0 aliphatic rings. The van der Waals surface area contributed by atoms with E-state index < -0.39 is 0 Å². The van der Waals surface area contributed by atoms with Crippen LogP contribution in [0.3, 0.4) is 0 Å². The fourth-order valence-electron chi connectivity index (χ4n) is 1.69. The van der Waals surface area contributed by atoms with Crippen LogP contribution in [0.4, 0.5) is 11.4 Å². The number of amides is 1. The van der Waals surface area contributed by atoms with Crippen molar-refractivity contribution >= 4 is 17.3 Å². The molecule has 1 aromatic carbocycles. The monoisotopic (exact) mass is 246 g/mol. The van der Waals surface area contributed by atoms with Crippen LogP contribution in [0, 0.1) is 0 Å². The number of nitrogen functional groups attached to an aromatic ring is 1. The second-order valence-electron chi connectivity index (χ2n) is 3.96. The molecule has 0 bridgehead atoms. The maximum Gasteiger partial charge on any atom is 0.278 e. The molecule has 0 saturated carbocycles. The zero-order valence-corrected chi connectivity index (χ0v) is 10.2. The fraction of sp³-hybridized carbons (Fsp3) is 0.167. The van der Waals surface area contributed by atoms with E-state index in [4.69, 9.17) is 5.73 Å². The highest BCUT2D eigenvalue weighted by atomic mass is 16.3. The number of carbonyl (C=O) groups is 1. The highest BCUT2D eigenvalue weighted by Crippen LogP contribution is 2.21. The largest absolute Gasteiger partial charge is 0.508 e. The maximum absolute atomic E-state index is 12.3. The number of rotatable bonds is 2. The predicted molar refractivity (Wildman–Crippen MR) is 68.5 cm³/mol. The number of aromatic nitrogens is 2. The third kappa shape index (κ3) is 2.00. The minimum absolute atomic E-state index is 0.102. The number of hydrogen-bond acceptors (Lipinski definition) is 4. The van der Waals surface area contributed by atoms with E-state index in [-0.39, 0.29) is 11.7 Å². The van der Waals surface area contributed by atoms with Gasteiger partial charge in [0, 0.05) is 25.8 Å². The molecule has 3 N–H and O–H groups in total. The smallest absolute Gasteiger partial charge is 0.278 e. The average molecular weight is 246 g/mol. The zero-order valence-electron chi connectivity index (χ0n) is 10.2. The van der Waals surface area contributed by atoms with Crippen molar-refractivity contribution in [1.82, 2.24) is 9.78 Å². The molecule has 1 heterocycles. The van der Waals surface area contributed by atoms with Crippen molar-refractivity contribution in [1.29, 1.82) is 0 Å². The van der Waals surface area contributed by atoms with E-state index in [0.717, 1.165) is 0 Å². The van der Waals surface area contributed by atoms with Gasteiger partial charge in [-0.15, -0.1) is 0 Å². The highest BCUT2D eigenvalue weighted by molar-refractivity contribution is 6.07. The van der Waals surface area contributed by atoms with Crippen molar-refractivity contribution in [3.63, 3.8) is 0 Å². The molecule has 94 valence electrons. The molecule has 0 fully saturated rings. The Morgan fingerprint density at radius 3 is 2.78 bits per heavy atom. The number of anilines is 2. The first-order chi connectivity index (χ1) is 8.50. The van der Waals surface area contributed by atoms with Gasteiger partial charge in [0.05, 0.1) is 11.9 Å². The first-order valence-electron chi connectivity index (χ1n) is 5.35. The van der Waals surface area contributed by atoms with Crippen LogP contribution >= 0.6 is 0 Å². The number of phenols is 1. The third-order valence-corrected chi connectivity index (χ3v) is 2.69. The van der Waals surface area contributed by atoms with Crippen LogP contribution in [0.1, 0.15) is 10.5 Å². The van der Waals surface area contributed by atoms with Crippen molar-refractivity contribution < 1.29 is 9.90 Å². The van der Waals surface area contributed by atoms with Gasteiger partial charge in [-0.1, -0.05) is 6.07 Å². The lowest BCUT2D eigenvalue weighted by Gasteiger charge is -2.17. The SMILES string of the molecule is CN(C(=O)c1c(N)cnn1C)c1cccc(O)c1. The van der Waals surface area contributed by atoms with Crippen molar-refractivity contribution in [3.05, 3.63) is 36.2 Å². The molecule has 0 radical (unpaired) electrons. The Hall–Kier alpha value is -2.50. The number of nitrogens with zero attached hydrogens (tertiary/aromatic N) is 3. The molecule has 0 aliphatic carbocycles. The summed E-state index contributed by atoms with van der Waals surface area (Å²) in [5.74, 6) is -0.178. The van der Waals surface area contributed by atoms with Crippen molar-refractivity contribution in [2.24, 2.45) is 7.05 Å². The van der Waals surface area contributed by atoms with Gasteiger partial charge in [0.1, 0.15) is 11.4 Å². The molecule has 6 heteroatoms. The zero-order chi connectivity index (χ0) is 13.3. The quantitative estimate of drug-likeness (QED) is 0.827. The van der Waals surface area contributed by atoms with Crippen LogP contribution < -0.4 is 10.6 Å². The van der Waals surface area contributed by atoms with E-state index in [9.17, 15) is 9.90 Å². The van der Waals surface area contributed by atoms with Gasteiger partial charge in [-0.25, -0.2) is 0 Å². The van der Waals surface area contributed by atoms with Crippen LogP contribution in [-0.4, -0.2) is 27.8 Å². The first kappa shape index (κ1) is 12.0. The molecule has 6 nitrogen and oxygen atoms in total. The molecule has 1 amide bonds. The maximum atomic E-state index is 12.3. The summed E-state index contributed by atoms with van der Waals surface area (Å²) in [6.45, 7) is 0. The summed E-state index contributed by atoms with van der Waals surface area (Å²) in [6, 6.07) is 6.44. The van der Waals surface area contributed by atoms with Crippen molar-refractivity contribution in [2.45, 2.75) is 0 Å². The molecule has 2 rings (SSSR count). The summed E-state index contributed by atoms with van der Waals surface area (Å²) in [7, 11) is 3.27. The van der Waals surface area contributed by atoms with E-state index in [1.54, 1.807) is 32.3 Å². The van der Waals surface area contributed by atoms with Gasteiger partial charge in [0.2, 0.25) is 0 Å². The Balaban J connectivity index is 2.35. The van der Waals surface area contributed by atoms with Gasteiger partial charge in [0.15, 0.2) is 0 Å². The van der Waals surface area contributed by atoms with Gasteiger partial charge in [-0.2, -0.15) is 5.10 Å². The number of phenolic OH excluding ortho intramolecular Hbond substituents is 1. The van der Waals surface area contributed by atoms with Crippen LogP contribution in [0.2, 0.25) is 0 Å². The number of nitrogens with two attached hydrogens (primary N) is 1. The minimum atomic E-state index is -0.280. The summed E-state index contributed by atoms with van der Waals surface area (Å²) in [5.41, 5.74) is 6.94. The Bertz CT molecular complexity index is 572. The standard InChI is InChI=1S/C12H14N4O2/c1-15(8-4-3-5-9(17)6-8)12(18)11-10(13)7-14-16(11)2/h3-7,17H,13H2,1-2H3. The van der Waals surface area contributed by atoms with Gasteiger partial charge in [0.25, 0.3) is 5.91 Å². The van der Waals surface area contributed by atoms with E-state index in [1.807, 2.05) is 0 Å². The highest BCUT2D eigenvalue weighted by Gasteiger charge is 2.20. The molecule has 1 aromatic heterocycles. The van der Waals surface area contributed by atoms with E-state index >= 15 is 0 Å². The van der Waals surface area contributed by atoms with Gasteiger partial charge in [-0.05, 0) is 12.1 Å². The molecule has 2 aromatic rings. The second-order valence-corrected chi connectivity index (χ2v) is 3.96. The van der Waals surface area contributed by atoms with Crippen molar-refractivity contribution in [3.8, 4) is 5.75 Å². The van der Waals surface area contributed by atoms with Gasteiger partial charge >= 0.3 is 0 Å². The summed E-state index contributed by atoms with van der Waals surface area (Å²) < 4.78 is 1.43.